The van der Waals surface area contributed by atoms with Crippen LogP contribution >= 0.6 is 27.5 Å². The number of hydrogen-bond acceptors (Lipinski definition) is 2. The lowest BCUT2D eigenvalue weighted by atomic mass is 10.3. The summed E-state index contributed by atoms with van der Waals surface area (Å²) in [6.07, 6.45) is 4.65. The molecule has 1 N–H and O–H groups in total. The first kappa shape index (κ1) is 12.5. The predicted octanol–water partition coefficient (Wildman–Crippen LogP) is 3.49. The summed E-state index contributed by atoms with van der Waals surface area (Å²) in [4.78, 5) is 4.27. The summed E-state index contributed by atoms with van der Waals surface area (Å²) in [5.41, 5.74) is 1.05. The smallest absolute Gasteiger partial charge is 0.110 e. The standard InChI is InChI=1S/C12H13BrClN3/c1-17-7-6-16-12(17)4-5-15-11-3-2-9(14)8-10(11)13/h2-3,6-8,15H,4-5H2,1H3. The van der Waals surface area contributed by atoms with Gasteiger partial charge in [0, 0.05) is 47.6 Å². The quantitative estimate of drug-likeness (QED) is 0.936. The Balaban J connectivity index is 1.92. The monoisotopic (exact) mass is 313 g/mol. The van der Waals surface area contributed by atoms with Crippen molar-refractivity contribution in [3.63, 3.8) is 0 Å². The second-order valence-electron chi connectivity index (χ2n) is 3.76. The molecule has 0 spiro atoms. The van der Waals surface area contributed by atoms with Crippen molar-refractivity contribution in [1.29, 1.82) is 0 Å². The molecule has 2 rings (SSSR count). The van der Waals surface area contributed by atoms with Crippen LogP contribution in [0.15, 0.2) is 35.1 Å². The van der Waals surface area contributed by atoms with E-state index >= 15 is 0 Å². The predicted molar refractivity (Wildman–Crippen MR) is 74.6 cm³/mol. The van der Waals surface area contributed by atoms with Crippen molar-refractivity contribution in [1.82, 2.24) is 9.55 Å². The molecule has 3 nitrogen and oxygen atoms in total. The summed E-state index contributed by atoms with van der Waals surface area (Å²) in [5.74, 6) is 1.07. The summed E-state index contributed by atoms with van der Waals surface area (Å²) in [5, 5.41) is 4.08. The van der Waals surface area contributed by atoms with Crippen molar-refractivity contribution < 1.29 is 0 Å². The van der Waals surface area contributed by atoms with Gasteiger partial charge in [0.25, 0.3) is 0 Å². The highest BCUT2D eigenvalue weighted by atomic mass is 79.9. The van der Waals surface area contributed by atoms with Gasteiger partial charge in [-0.3, -0.25) is 0 Å². The van der Waals surface area contributed by atoms with E-state index in [1.165, 1.54) is 0 Å². The van der Waals surface area contributed by atoms with Gasteiger partial charge in [0.05, 0.1) is 0 Å². The van der Waals surface area contributed by atoms with Crippen LogP contribution in [0.4, 0.5) is 5.69 Å². The Labute approximate surface area is 114 Å². The molecule has 0 aliphatic carbocycles. The molecule has 0 saturated carbocycles. The first-order valence-electron chi connectivity index (χ1n) is 5.32. The fourth-order valence-electron chi connectivity index (χ4n) is 1.58. The zero-order valence-electron chi connectivity index (χ0n) is 9.45. The molecule has 1 aromatic heterocycles. The van der Waals surface area contributed by atoms with Crippen LogP contribution in [0.2, 0.25) is 5.02 Å². The topological polar surface area (TPSA) is 29.9 Å². The molecule has 90 valence electrons. The number of hydrogen-bond donors (Lipinski definition) is 1. The number of benzene rings is 1. The van der Waals surface area contributed by atoms with Gasteiger partial charge < -0.3 is 9.88 Å². The fourth-order valence-corrected chi connectivity index (χ4v) is 2.40. The SMILES string of the molecule is Cn1ccnc1CCNc1ccc(Cl)cc1Br. The molecular weight excluding hydrogens is 302 g/mol. The number of aromatic nitrogens is 2. The van der Waals surface area contributed by atoms with Gasteiger partial charge in [-0.1, -0.05) is 11.6 Å². The number of anilines is 1. The van der Waals surface area contributed by atoms with Gasteiger partial charge in [0.1, 0.15) is 5.82 Å². The molecule has 0 unspecified atom stereocenters. The molecular formula is C12H13BrClN3. The summed E-state index contributed by atoms with van der Waals surface area (Å²) in [6, 6.07) is 5.71. The van der Waals surface area contributed by atoms with Gasteiger partial charge in [-0.2, -0.15) is 0 Å². The maximum Gasteiger partial charge on any atom is 0.110 e. The molecule has 0 atom stereocenters. The number of halogens is 2. The van der Waals surface area contributed by atoms with Crippen LogP contribution in [0.1, 0.15) is 5.82 Å². The molecule has 0 amide bonds. The zero-order chi connectivity index (χ0) is 12.3. The Morgan fingerprint density at radius 2 is 2.29 bits per heavy atom. The van der Waals surface area contributed by atoms with Crippen molar-refractivity contribution in [2.24, 2.45) is 7.05 Å². The lowest BCUT2D eigenvalue weighted by Gasteiger charge is -2.08. The van der Waals surface area contributed by atoms with Gasteiger partial charge >= 0.3 is 0 Å². The van der Waals surface area contributed by atoms with Crippen LogP contribution in [0.25, 0.3) is 0 Å². The number of rotatable bonds is 4. The van der Waals surface area contributed by atoms with E-state index in [4.69, 9.17) is 11.6 Å². The molecule has 17 heavy (non-hydrogen) atoms. The van der Waals surface area contributed by atoms with E-state index in [-0.39, 0.29) is 0 Å². The summed E-state index contributed by atoms with van der Waals surface area (Å²) < 4.78 is 3.00. The van der Waals surface area contributed by atoms with E-state index in [1.807, 2.05) is 42.2 Å². The van der Waals surface area contributed by atoms with E-state index in [9.17, 15) is 0 Å². The van der Waals surface area contributed by atoms with E-state index < -0.39 is 0 Å². The van der Waals surface area contributed by atoms with Gasteiger partial charge in [-0.15, -0.1) is 0 Å². The second-order valence-corrected chi connectivity index (χ2v) is 5.05. The number of nitrogens with one attached hydrogen (secondary N) is 1. The van der Waals surface area contributed by atoms with Gasteiger partial charge in [0.15, 0.2) is 0 Å². The van der Waals surface area contributed by atoms with Crippen molar-refractivity contribution in [2.45, 2.75) is 6.42 Å². The highest BCUT2D eigenvalue weighted by Crippen LogP contribution is 2.25. The third-order valence-corrected chi connectivity index (χ3v) is 3.41. The molecule has 0 saturated heterocycles. The number of imidazole rings is 1. The van der Waals surface area contributed by atoms with Crippen LogP contribution in [-0.4, -0.2) is 16.1 Å². The maximum absolute atomic E-state index is 5.88. The Bertz CT molecular complexity index is 510. The lowest BCUT2D eigenvalue weighted by Crippen LogP contribution is -2.08. The minimum absolute atomic E-state index is 0.728. The summed E-state index contributed by atoms with van der Waals surface area (Å²) >= 11 is 9.35. The lowest BCUT2D eigenvalue weighted by molar-refractivity contribution is 0.789. The first-order chi connectivity index (χ1) is 8.16. The Hall–Kier alpha value is -1.000. The molecule has 0 fully saturated rings. The summed E-state index contributed by atoms with van der Waals surface area (Å²) in [6.45, 7) is 0.838. The Morgan fingerprint density at radius 3 is 2.94 bits per heavy atom. The van der Waals surface area contributed by atoms with E-state index in [0.29, 0.717) is 0 Å². The minimum atomic E-state index is 0.728. The minimum Gasteiger partial charge on any atom is -0.384 e. The van der Waals surface area contributed by atoms with E-state index in [0.717, 1.165) is 34.0 Å². The van der Waals surface area contributed by atoms with Crippen molar-refractivity contribution >= 4 is 33.2 Å². The highest BCUT2D eigenvalue weighted by Gasteiger charge is 2.02. The zero-order valence-corrected chi connectivity index (χ0v) is 11.8. The molecule has 0 aliphatic heterocycles. The molecule has 2 aromatic rings. The van der Waals surface area contributed by atoms with E-state index in [2.05, 4.69) is 26.2 Å². The van der Waals surface area contributed by atoms with Crippen molar-refractivity contribution in [2.75, 3.05) is 11.9 Å². The summed E-state index contributed by atoms with van der Waals surface area (Å²) in [7, 11) is 2.00. The molecule has 1 aromatic carbocycles. The van der Waals surface area contributed by atoms with Crippen LogP contribution in [0.5, 0.6) is 0 Å². The Morgan fingerprint density at radius 1 is 1.47 bits per heavy atom. The van der Waals surface area contributed by atoms with Crippen LogP contribution in [0, 0.1) is 0 Å². The fraction of sp³-hybridized carbons (Fsp3) is 0.250. The number of nitrogens with zero attached hydrogens (tertiary/aromatic N) is 2. The molecule has 0 aliphatic rings. The van der Waals surface area contributed by atoms with Crippen molar-refractivity contribution in [3.05, 3.63) is 45.9 Å². The normalized spacial score (nSPS) is 10.5. The van der Waals surface area contributed by atoms with E-state index in [1.54, 1.807) is 0 Å². The average Bonchev–Trinajstić information content (AvgIpc) is 2.68. The first-order valence-corrected chi connectivity index (χ1v) is 6.49. The maximum atomic E-state index is 5.88. The molecule has 0 radical (unpaired) electrons. The van der Waals surface area contributed by atoms with Crippen LogP contribution < -0.4 is 5.32 Å². The largest absolute Gasteiger partial charge is 0.384 e. The van der Waals surface area contributed by atoms with Crippen molar-refractivity contribution in [3.8, 4) is 0 Å². The van der Waals surface area contributed by atoms with Gasteiger partial charge in [0.2, 0.25) is 0 Å². The second kappa shape index (κ2) is 5.56. The van der Waals surface area contributed by atoms with Crippen LogP contribution in [-0.2, 0) is 13.5 Å². The van der Waals surface area contributed by atoms with Gasteiger partial charge in [-0.05, 0) is 34.1 Å². The number of aryl methyl sites for hydroxylation is 1. The third kappa shape index (κ3) is 3.23. The molecule has 0 bridgehead atoms. The van der Waals surface area contributed by atoms with Gasteiger partial charge in [-0.25, -0.2) is 4.98 Å². The highest BCUT2D eigenvalue weighted by molar-refractivity contribution is 9.10. The third-order valence-electron chi connectivity index (χ3n) is 2.52. The molecule has 1 heterocycles. The Kier molecular flexibility index (Phi) is 4.07. The van der Waals surface area contributed by atoms with Crippen LogP contribution in [0.3, 0.4) is 0 Å². The average molecular weight is 315 g/mol. The molecule has 5 heteroatoms.